The van der Waals surface area contributed by atoms with E-state index in [-0.39, 0.29) is 10.1 Å². The Morgan fingerprint density at radius 2 is 1.50 bits per heavy atom. The molecule has 20 heavy (non-hydrogen) atoms. The van der Waals surface area contributed by atoms with Gasteiger partial charge in [-0.1, -0.05) is 12.1 Å². The van der Waals surface area contributed by atoms with Crippen molar-refractivity contribution in [2.45, 2.75) is 25.0 Å². The van der Waals surface area contributed by atoms with Gasteiger partial charge < -0.3 is 5.11 Å². The van der Waals surface area contributed by atoms with Crippen LogP contribution >= 0.6 is 0 Å². The number of nitrogens with zero attached hydrogens (tertiary/aromatic N) is 2. The van der Waals surface area contributed by atoms with Crippen LogP contribution in [-0.4, -0.2) is 27.0 Å². The summed E-state index contributed by atoms with van der Waals surface area (Å²) >= 11 is 0. The Bertz CT molecular complexity index is 628. The van der Waals surface area contributed by atoms with E-state index < -0.39 is 29.4 Å². The second-order valence-electron chi connectivity index (χ2n) is 4.15. The highest BCUT2D eigenvalue weighted by molar-refractivity contribution is 5.76. The van der Waals surface area contributed by atoms with E-state index in [1.807, 2.05) is 0 Å². The van der Waals surface area contributed by atoms with Crippen molar-refractivity contribution in [3.8, 4) is 0 Å². The normalized spacial score (nSPS) is 14.0. The zero-order valence-electron chi connectivity index (χ0n) is 9.92. The number of halogens is 6. The molecule has 3 nitrogen and oxygen atoms in total. The van der Waals surface area contributed by atoms with Gasteiger partial charge in [-0.2, -0.15) is 26.3 Å². The SMILES string of the molecule is Cc1nc2ccccc2n1C(O)(C(F)(F)F)C(F)(F)F. The second kappa shape index (κ2) is 4.11. The number of alkyl halides is 6. The van der Waals surface area contributed by atoms with Crippen molar-refractivity contribution < 1.29 is 31.4 Å². The van der Waals surface area contributed by atoms with Crippen LogP contribution in [0.3, 0.4) is 0 Å². The Balaban J connectivity index is 2.87. The number of rotatable bonds is 1. The summed E-state index contributed by atoms with van der Waals surface area (Å²) in [5, 5.41) is 9.40. The minimum atomic E-state index is -5.94. The Hall–Kier alpha value is -1.77. The molecule has 0 saturated heterocycles. The Kier molecular flexibility index (Phi) is 3.01. The van der Waals surface area contributed by atoms with Crippen LogP contribution < -0.4 is 0 Å². The highest BCUT2D eigenvalue weighted by atomic mass is 19.4. The summed E-state index contributed by atoms with van der Waals surface area (Å²) in [6, 6.07) is 4.95. The molecule has 0 aliphatic carbocycles. The van der Waals surface area contributed by atoms with Crippen LogP contribution in [0.25, 0.3) is 11.0 Å². The molecule has 2 rings (SSSR count). The van der Waals surface area contributed by atoms with Crippen molar-refractivity contribution in [3.05, 3.63) is 30.1 Å². The van der Waals surface area contributed by atoms with Crippen LogP contribution in [0.15, 0.2) is 24.3 Å². The number of aliphatic hydroxyl groups is 1. The fourth-order valence-electron chi connectivity index (χ4n) is 1.97. The van der Waals surface area contributed by atoms with Gasteiger partial charge in [-0.3, -0.25) is 4.57 Å². The summed E-state index contributed by atoms with van der Waals surface area (Å²) in [5.41, 5.74) is -5.56. The van der Waals surface area contributed by atoms with Crippen molar-refractivity contribution in [1.82, 2.24) is 9.55 Å². The molecule has 0 aliphatic heterocycles. The maximum Gasteiger partial charge on any atom is 0.446 e. The van der Waals surface area contributed by atoms with E-state index in [9.17, 15) is 31.4 Å². The summed E-state index contributed by atoms with van der Waals surface area (Å²) in [6.07, 6.45) is -11.9. The molecule has 0 unspecified atom stereocenters. The molecule has 110 valence electrons. The Labute approximate surface area is 108 Å². The maximum atomic E-state index is 12.9. The van der Waals surface area contributed by atoms with Gasteiger partial charge in [-0.15, -0.1) is 0 Å². The predicted molar refractivity (Wildman–Crippen MR) is 56.8 cm³/mol. The third-order valence-corrected chi connectivity index (χ3v) is 2.84. The topological polar surface area (TPSA) is 38.0 Å². The maximum absolute atomic E-state index is 12.9. The molecule has 0 saturated carbocycles. The zero-order chi connectivity index (χ0) is 15.3. The van der Waals surface area contributed by atoms with Crippen molar-refractivity contribution >= 4 is 11.0 Å². The van der Waals surface area contributed by atoms with Crippen LogP contribution in [0.1, 0.15) is 5.82 Å². The number of hydrogen-bond acceptors (Lipinski definition) is 2. The summed E-state index contributed by atoms with van der Waals surface area (Å²) in [4.78, 5) is 3.61. The van der Waals surface area contributed by atoms with Gasteiger partial charge in [-0.25, -0.2) is 4.98 Å². The molecule has 0 bridgehead atoms. The van der Waals surface area contributed by atoms with Gasteiger partial charge in [0.2, 0.25) is 0 Å². The van der Waals surface area contributed by atoms with E-state index >= 15 is 0 Å². The molecule has 0 atom stereocenters. The first-order chi connectivity index (χ1) is 9.00. The second-order valence-corrected chi connectivity index (χ2v) is 4.15. The van der Waals surface area contributed by atoms with E-state index in [2.05, 4.69) is 4.98 Å². The van der Waals surface area contributed by atoms with E-state index in [0.29, 0.717) is 0 Å². The lowest BCUT2D eigenvalue weighted by Gasteiger charge is -2.34. The summed E-state index contributed by atoms with van der Waals surface area (Å²) in [7, 11) is 0. The number of aromatic nitrogens is 2. The lowest BCUT2D eigenvalue weighted by Crippen LogP contribution is -2.58. The summed E-state index contributed by atoms with van der Waals surface area (Å²) < 4.78 is 76.9. The van der Waals surface area contributed by atoms with Gasteiger partial charge in [0.25, 0.3) is 0 Å². The Morgan fingerprint density at radius 3 is 2.00 bits per heavy atom. The highest BCUT2D eigenvalue weighted by Gasteiger charge is 2.73. The first-order valence-corrected chi connectivity index (χ1v) is 5.30. The van der Waals surface area contributed by atoms with Gasteiger partial charge >= 0.3 is 18.1 Å². The fourth-order valence-corrected chi connectivity index (χ4v) is 1.97. The fraction of sp³-hybridized carbons (Fsp3) is 0.364. The summed E-state index contributed by atoms with van der Waals surface area (Å²) in [5.74, 6) is -0.594. The quantitative estimate of drug-likeness (QED) is 0.821. The van der Waals surface area contributed by atoms with E-state index in [0.717, 1.165) is 13.0 Å². The number of para-hydroxylation sites is 2. The van der Waals surface area contributed by atoms with E-state index in [4.69, 9.17) is 0 Å². The largest absolute Gasteiger partial charge is 0.446 e. The molecule has 0 amide bonds. The van der Waals surface area contributed by atoms with E-state index in [1.54, 1.807) is 0 Å². The van der Waals surface area contributed by atoms with E-state index in [1.165, 1.54) is 18.2 Å². The van der Waals surface area contributed by atoms with Gasteiger partial charge in [0.15, 0.2) is 0 Å². The molecule has 1 heterocycles. The zero-order valence-corrected chi connectivity index (χ0v) is 9.92. The van der Waals surface area contributed by atoms with Crippen LogP contribution in [0, 0.1) is 6.92 Å². The number of aryl methyl sites for hydroxylation is 1. The van der Waals surface area contributed by atoms with Crippen molar-refractivity contribution in [2.75, 3.05) is 0 Å². The molecule has 0 fully saturated rings. The molecular formula is C11H8F6N2O. The molecular weight excluding hydrogens is 290 g/mol. The van der Waals surface area contributed by atoms with Gasteiger partial charge in [0, 0.05) is 0 Å². The monoisotopic (exact) mass is 298 g/mol. The van der Waals surface area contributed by atoms with Crippen LogP contribution in [0.4, 0.5) is 26.3 Å². The van der Waals surface area contributed by atoms with Crippen LogP contribution in [0.5, 0.6) is 0 Å². The van der Waals surface area contributed by atoms with Crippen LogP contribution in [0.2, 0.25) is 0 Å². The average molecular weight is 298 g/mol. The van der Waals surface area contributed by atoms with Crippen LogP contribution in [-0.2, 0) is 5.72 Å². The van der Waals surface area contributed by atoms with Gasteiger partial charge in [-0.05, 0) is 19.1 Å². The third kappa shape index (κ3) is 1.84. The lowest BCUT2D eigenvalue weighted by molar-refractivity contribution is -0.405. The van der Waals surface area contributed by atoms with Gasteiger partial charge in [0.05, 0.1) is 11.0 Å². The molecule has 0 aliphatic rings. The van der Waals surface area contributed by atoms with Crippen molar-refractivity contribution in [1.29, 1.82) is 0 Å². The molecule has 9 heteroatoms. The van der Waals surface area contributed by atoms with Gasteiger partial charge in [0.1, 0.15) is 5.82 Å². The third-order valence-electron chi connectivity index (χ3n) is 2.84. The molecule has 2 aromatic rings. The number of imidazole rings is 1. The first kappa shape index (κ1) is 14.6. The molecule has 0 radical (unpaired) electrons. The molecule has 1 N–H and O–H groups in total. The molecule has 1 aromatic heterocycles. The Morgan fingerprint density at radius 1 is 1.00 bits per heavy atom. The summed E-state index contributed by atoms with van der Waals surface area (Å²) in [6.45, 7) is 0.961. The number of hydrogen-bond donors (Lipinski definition) is 1. The minimum absolute atomic E-state index is 0.0723. The number of benzene rings is 1. The molecule has 1 aromatic carbocycles. The molecule has 0 spiro atoms. The van der Waals surface area contributed by atoms with Crippen molar-refractivity contribution in [2.24, 2.45) is 0 Å². The highest BCUT2D eigenvalue weighted by Crippen LogP contribution is 2.48. The predicted octanol–water partition coefficient (Wildman–Crippen LogP) is 3.11. The lowest BCUT2D eigenvalue weighted by atomic mass is 10.1. The average Bonchev–Trinajstić information content (AvgIpc) is 2.61. The van der Waals surface area contributed by atoms with Crippen molar-refractivity contribution in [3.63, 3.8) is 0 Å². The standard InChI is InChI=1S/C11H8F6N2O/c1-6-18-7-4-2-3-5-8(7)19(6)9(20,10(12,13)14)11(15,16)17/h2-5,20H,1H3. The smallest absolute Gasteiger partial charge is 0.356 e. The number of fused-ring (bicyclic) bond motifs is 1. The first-order valence-electron chi connectivity index (χ1n) is 5.30. The minimum Gasteiger partial charge on any atom is -0.356 e.